The average Bonchev–Trinajstić information content (AvgIpc) is 3.36. The molecule has 3 aromatic heterocycles. The number of nitrogens with zero attached hydrogens (tertiary/aromatic N) is 3. The highest BCUT2D eigenvalue weighted by atomic mass is 32.1. The largest absolute Gasteiger partial charge is 0.379 e. The molecule has 0 radical (unpaired) electrons. The third-order valence-corrected chi connectivity index (χ3v) is 6.16. The van der Waals surface area contributed by atoms with E-state index in [-0.39, 0.29) is 11.9 Å². The summed E-state index contributed by atoms with van der Waals surface area (Å²) in [5, 5.41) is 5.38. The maximum Gasteiger partial charge on any atom is 0.222 e. The summed E-state index contributed by atoms with van der Waals surface area (Å²) < 4.78 is 13.0. The van der Waals surface area contributed by atoms with Gasteiger partial charge in [-0.3, -0.25) is 4.79 Å². The average molecular weight is 402 g/mol. The number of hydrogen-bond acceptors (Lipinski definition) is 5. The van der Waals surface area contributed by atoms with Crippen molar-refractivity contribution < 1.29 is 9.18 Å². The number of thiazole rings is 1. The van der Waals surface area contributed by atoms with Crippen LogP contribution in [0.4, 0.5) is 10.1 Å². The Morgan fingerprint density at radius 3 is 3.00 bits per heavy atom. The molecule has 0 spiro atoms. The fraction of sp³-hybridized carbons (Fsp3) is 0.450. The molecule has 3 aromatic rings. The van der Waals surface area contributed by atoms with Crippen molar-refractivity contribution in [3.8, 4) is 10.6 Å². The highest BCUT2D eigenvalue weighted by Gasteiger charge is 2.28. The number of alkyl halides is 1. The Kier molecular flexibility index (Phi) is 5.30. The highest BCUT2D eigenvalue weighted by molar-refractivity contribution is 7.15. The van der Waals surface area contributed by atoms with Crippen molar-refractivity contribution in [2.24, 2.45) is 5.92 Å². The van der Waals surface area contributed by atoms with Crippen molar-refractivity contribution in [3.05, 3.63) is 29.5 Å². The molecular formula is C20H24FN5OS. The number of aromatic amines is 1. The van der Waals surface area contributed by atoms with Crippen LogP contribution in [0.15, 0.2) is 24.7 Å². The molecule has 1 aliphatic heterocycles. The summed E-state index contributed by atoms with van der Waals surface area (Å²) in [6.45, 7) is 5.05. The van der Waals surface area contributed by atoms with Gasteiger partial charge in [0.25, 0.3) is 0 Å². The van der Waals surface area contributed by atoms with E-state index >= 15 is 0 Å². The number of H-pyrrole nitrogens is 1. The van der Waals surface area contributed by atoms with Crippen molar-refractivity contribution in [1.82, 2.24) is 19.9 Å². The van der Waals surface area contributed by atoms with Gasteiger partial charge >= 0.3 is 0 Å². The number of halogens is 1. The van der Waals surface area contributed by atoms with Crippen molar-refractivity contribution >= 4 is 34.0 Å². The first-order valence-electron chi connectivity index (χ1n) is 9.60. The first-order chi connectivity index (χ1) is 13.6. The molecule has 2 N–H and O–H groups in total. The van der Waals surface area contributed by atoms with E-state index in [1.807, 2.05) is 24.1 Å². The molecule has 0 bridgehead atoms. The SMILES string of the molecule is CCC(=O)N1C[C@@H](C)C[C@@H](Nc2c(-c3ncc(CF)s3)cnc3[nH]ccc23)C1. The highest BCUT2D eigenvalue weighted by Crippen LogP contribution is 2.37. The van der Waals surface area contributed by atoms with Crippen LogP contribution in [0.1, 0.15) is 31.6 Å². The van der Waals surface area contributed by atoms with Crippen LogP contribution in [0, 0.1) is 5.92 Å². The molecule has 1 aliphatic rings. The van der Waals surface area contributed by atoms with E-state index in [1.54, 1.807) is 12.4 Å². The number of amides is 1. The molecule has 28 heavy (non-hydrogen) atoms. The normalized spacial score (nSPS) is 19.9. The zero-order valence-corrected chi connectivity index (χ0v) is 16.9. The maximum atomic E-state index is 13.0. The number of pyridine rings is 1. The molecule has 4 heterocycles. The van der Waals surface area contributed by atoms with Gasteiger partial charge in [-0.15, -0.1) is 11.3 Å². The van der Waals surface area contributed by atoms with Crippen LogP contribution in [0.25, 0.3) is 21.6 Å². The van der Waals surface area contributed by atoms with Crippen LogP contribution in [-0.4, -0.2) is 44.9 Å². The van der Waals surface area contributed by atoms with E-state index in [1.165, 1.54) is 11.3 Å². The third-order valence-electron chi connectivity index (χ3n) is 5.17. The second-order valence-electron chi connectivity index (χ2n) is 7.39. The van der Waals surface area contributed by atoms with Crippen LogP contribution in [-0.2, 0) is 11.5 Å². The number of rotatable bonds is 5. The van der Waals surface area contributed by atoms with Crippen molar-refractivity contribution in [2.45, 2.75) is 39.4 Å². The number of aromatic nitrogens is 3. The lowest BCUT2D eigenvalue weighted by molar-refractivity contribution is -0.132. The number of anilines is 1. The number of carbonyl (C=O) groups is 1. The Hall–Kier alpha value is -2.48. The number of likely N-dealkylation sites (tertiary alicyclic amines) is 1. The smallest absolute Gasteiger partial charge is 0.222 e. The lowest BCUT2D eigenvalue weighted by atomic mass is 9.95. The second-order valence-corrected chi connectivity index (χ2v) is 8.50. The minimum Gasteiger partial charge on any atom is -0.379 e. The van der Waals surface area contributed by atoms with Crippen LogP contribution < -0.4 is 5.32 Å². The van der Waals surface area contributed by atoms with E-state index in [2.05, 4.69) is 27.2 Å². The summed E-state index contributed by atoms with van der Waals surface area (Å²) in [6.07, 6.45) is 6.72. The number of nitrogens with one attached hydrogen (secondary N) is 2. The minimum absolute atomic E-state index is 0.138. The summed E-state index contributed by atoms with van der Waals surface area (Å²) in [4.78, 5) is 26.8. The quantitative estimate of drug-likeness (QED) is 0.671. The van der Waals surface area contributed by atoms with E-state index in [9.17, 15) is 9.18 Å². The van der Waals surface area contributed by atoms with Gasteiger partial charge in [-0.05, 0) is 18.4 Å². The number of piperidine rings is 1. The molecule has 0 unspecified atom stereocenters. The lowest BCUT2D eigenvalue weighted by Crippen LogP contribution is -2.48. The van der Waals surface area contributed by atoms with Gasteiger partial charge in [0, 0.05) is 49.5 Å². The molecule has 148 valence electrons. The van der Waals surface area contributed by atoms with Gasteiger partial charge in [0.15, 0.2) is 0 Å². The first kappa shape index (κ1) is 18.9. The van der Waals surface area contributed by atoms with Crippen LogP contribution in [0.5, 0.6) is 0 Å². The maximum absolute atomic E-state index is 13.0. The molecule has 1 saturated heterocycles. The molecule has 1 amide bonds. The zero-order chi connectivity index (χ0) is 19.7. The molecule has 1 fully saturated rings. The third kappa shape index (κ3) is 3.61. The minimum atomic E-state index is -0.519. The first-order valence-corrected chi connectivity index (χ1v) is 10.4. The Balaban J connectivity index is 1.69. The fourth-order valence-electron chi connectivity index (χ4n) is 3.91. The Labute approximate surface area is 167 Å². The Bertz CT molecular complexity index is 984. The predicted molar refractivity (Wildman–Crippen MR) is 110 cm³/mol. The predicted octanol–water partition coefficient (Wildman–Crippen LogP) is 4.21. The van der Waals surface area contributed by atoms with Gasteiger partial charge in [-0.1, -0.05) is 13.8 Å². The molecular weight excluding hydrogens is 377 g/mol. The van der Waals surface area contributed by atoms with Gasteiger partial charge in [0.05, 0.1) is 16.1 Å². The van der Waals surface area contributed by atoms with E-state index in [0.29, 0.717) is 23.8 Å². The van der Waals surface area contributed by atoms with Crippen molar-refractivity contribution in [2.75, 3.05) is 18.4 Å². The standard InChI is InChI=1S/C20H24FN5OS/c1-3-17(27)26-10-12(2)6-13(11-26)25-18-15-4-5-22-19(15)23-9-16(18)20-24-8-14(7-21)28-20/h4-5,8-9,12-13H,3,6-7,10-11H2,1-2H3,(H2,22,23,25)/t12-,13+/m0/s1. The van der Waals surface area contributed by atoms with E-state index in [0.717, 1.165) is 40.3 Å². The summed E-state index contributed by atoms with van der Waals surface area (Å²) in [7, 11) is 0. The van der Waals surface area contributed by atoms with Gasteiger partial charge in [0.2, 0.25) is 5.91 Å². The summed E-state index contributed by atoms with van der Waals surface area (Å²) >= 11 is 1.34. The van der Waals surface area contributed by atoms with Gasteiger partial charge in [-0.25, -0.2) is 14.4 Å². The molecule has 0 aromatic carbocycles. The van der Waals surface area contributed by atoms with Crippen LogP contribution in [0.3, 0.4) is 0 Å². The zero-order valence-electron chi connectivity index (χ0n) is 16.0. The van der Waals surface area contributed by atoms with Crippen molar-refractivity contribution in [1.29, 1.82) is 0 Å². The number of carbonyl (C=O) groups excluding carboxylic acids is 1. The summed E-state index contributed by atoms with van der Waals surface area (Å²) in [5.41, 5.74) is 2.59. The van der Waals surface area contributed by atoms with E-state index < -0.39 is 6.67 Å². The molecule has 6 nitrogen and oxygen atoms in total. The number of fused-ring (bicyclic) bond motifs is 1. The monoisotopic (exact) mass is 401 g/mol. The molecule has 0 aliphatic carbocycles. The van der Waals surface area contributed by atoms with Crippen LogP contribution in [0.2, 0.25) is 0 Å². The molecule has 8 heteroatoms. The van der Waals surface area contributed by atoms with Crippen LogP contribution >= 0.6 is 11.3 Å². The summed E-state index contributed by atoms with van der Waals surface area (Å²) in [5.74, 6) is 0.611. The van der Waals surface area contributed by atoms with Crippen molar-refractivity contribution in [3.63, 3.8) is 0 Å². The second kappa shape index (κ2) is 7.87. The topological polar surface area (TPSA) is 73.9 Å². The molecule has 4 rings (SSSR count). The fourth-order valence-corrected chi connectivity index (χ4v) is 4.69. The number of hydrogen-bond donors (Lipinski definition) is 2. The molecule has 2 atom stereocenters. The molecule has 0 saturated carbocycles. The lowest BCUT2D eigenvalue weighted by Gasteiger charge is -2.37. The van der Waals surface area contributed by atoms with Gasteiger partial charge < -0.3 is 15.2 Å². The Morgan fingerprint density at radius 2 is 2.25 bits per heavy atom. The van der Waals surface area contributed by atoms with Gasteiger partial charge in [0.1, 0.15) is 17.3 Å². The van der Waals surface area contributed by atoms with E-state index in [4.69, 9.17) is 0 Å². The Morgan fingerprint density at radius 1 is 1.39 bits per heavy atom. The summed E-state index contributed by atoms with van der Waals surface area (Å²) in [6, 6.07) is 2.12. The van der Waals surface area contributed by atoms with Gasteiger partial charge in [-0.2, -0.15) is 0 Å².